The molecule has 1 unspecified atom stereocenters. The molecule has 1 amide bonds. The van der Waals surface area contributed by atoms with E-state index in [0.717, 1.165) is 25.0 Å². The fourth-order valence-electron chi connectivity index (χ4n) is 2.37. The van der Waals surface area contributed by atoms with Crippen LogP contribution in [-0.4, -0.2) is 28.7 Å². The molecule has 1 atom stereocenters. The van der Waals surface area contributed by atoms with Crippen molar-refractivity contribution in [1.29, 1.82) is 0 Å². The molecule has 1 fully saturated rings. The van der Waals surface area contributed by atoms with Gasteiger partial charge in [-0.2, -0.15) is 0 Å². The van der Waals surface area contributed by atoms with E-state index in [1.165, 1.54) is 6.07 Å². The predicted octanol–water partition coefficient (Wildman–Crippen LogP) is 3.60. The van der Waals surface area contributed by atoms with E-state index in [1.807, 2.05) is 0 Å². The Morgan fingerprint density at radius 2 is 1.95 bits per heavy atom. The van der Waals surface area contributed by atoms with Crippen LogP contribution in [0.5, 0.6) is 0 Å². The fourth-order valence-corrected chi connectivity index (χ4v) is 2.90. The van der Waals surface area contributed by atoms with Gasteiger partial charge in [0.05, 0.1) is 0 Å². The minimum absolute atomic E-state index is 0.212. The molecule has 0 bridgehead atoms. The Morgan fingerprint density at radius 1 is 1.32 bits per heavy atom. The monoisotopic (exact) mass is 331 g/mol. The molecule has 0 saturated carbocycles. The lowest BCUT2D eigenvalue weighted by atomic mass is 9.94. The molecule has 2 rings (SSSR count). The van der Waals surface area contributed by atoms with Gasteiger partial charge >= 0.3 is 0 Å². The third-order valence-electron chi connectivity index (χ3n) is 3.64. The first-order valence-corrected chi connectivity index (χ1v) is 7.29. The van der Waals surface area contributed by atoms with Crippen LogP contribution in [0.15, 0.2) is 18.2 Å². The molecule has 0 aromatic heterocycles. The van der Waals surface area contributed by atoms with E-state index in [1.54, 1.807) is 4.90 Å². The number of halogens is 3. The van der Waals surface area contributed by atoms with E-state index in [4.69, 9.17) is 0 Å². The molecule has 1 saturated heterocycles. The van der Waals surface area contributed by atoms with Gasteiger partial charge in [-0.3, -0.25) is 4.79 Å². The summed E-state index contributed by atoms with van der Waals surface area (Å²) in [4.78, 5) is 14.3. The Morgan fingerprint density at radius 3 is 2.47 bits per heavy atom. The first kappa shape index (κ1) is 14.4. The zero-order valence-electron chi connectivity index (χ0n) is 10.7. The van der Waals surface area contributed by atoms with Crippen molar-refractivity contribution in [1.82, 2.24) is 4.90 Å². The van der Waals surface area contributed by atoms with Crippen LogP contribution in [0.3, 0.4) is 0 Å². The molecular weight excluding hydrogens is 316 g/mol. The van der Waals surface area contributed by atoms with Crippen molar-refractivity contribution in [2.45, 2.75) is 24.6 Å². The van der Waals surface area contributed by atoms with Gasteiger partial charge in [-0.1, -0.05) is 22.9 Å². The summed E-state index contributed by atoms with van der Waals surface area (Å²) < 4.78 is 26.0. The molecular formula is C14H16BrF2NO. The van der Waals surface area contributed by atoms with Gasteiger partial charge in [0.25, 0.3) is 5.91 Å². The predicted molar refractivity (Wildman–Crippen MR) is 73.4 cm³/mol. The third-order valence-corrected chi connectivity index (χ3v) is 4.39. The standard InChI is InChI=1S/C14H16BrF2NO/c1-9(15)10-4-6-18(7-5-10)14(19)11-2-3-12(16)13(17)8-11/h2-3,8-10H,4-7H2,1H3. The second-order valence-corrected chi connectivity index (χ2v) is 6.38. The summed E-state index contributed by atoms with van der Waals surface area (Å²) >= 11 is 3.56. The minimum Gasteiger partial charge on any atom is -0.339 e. The number of piperidine rings is 1. The molecule has 1 aromatic carbocycles. The number of hydrogen-bond acceptors (Lipinski definition) is 1. The van der Waals surface area contributed by atoms with Gasteiger partial charge in [-0.15, -0.1) is 0 Å². The molecule has 0 aliphatic carbocycles. The molecule has 1 heterocycles. The Balaban J connectivity index is 2.03. The highest BCUT2D eigenvalue weighted by atomic mass is 79.9. The molecule has 19 heavy (non-hydrogen) atoms. The maximum atomic E-state index is 13.1. The van der Waals surface area contributed by atoms with Crippen LogP contribution < -0.4 is 0 Å². The molecule has 1 aliphatic rings. The summed E-state index contributed by atoms with van der Waals surface area (Å²) in [6.07, 6.45) is 1.86. The number of benzene rings is 1. The highest BCUT2D eigenvalue weighted by Crippen LogP contribution is 2.26. The van der Waals surface area contributed by atoms with Crippen LogP contribution >= 0.6 is 15.9 Å². The SMILES string of the molecule is CC(Br)C1CCN(C(=O)c2ccc(F)c(F)c2)CC1. The van der Waals surface area contributed by atoms with Crippen molar-refractivity contribution >= 4 is 21.8 Å². The number of alkyl halides is 1. The van der Waals surface area contributed by atoms with Crippen molar-refractivity contribution in [2.75, 3.05) is 13.1 Å². The van der Waals surface area contributed by atoms with Gasteiger partial charge in [-0.05, 0) is 37.0 Å². The number of likely N-dealkylation sites (tertiary alicyclic amines) is 1. The normalized spacial score (nSPS) is 18.4. The maximum Gasteiger partial charge on any atom is 0.253 e. The lowest BCUT2D eigenvalue weighted by Crippen LogP contribution is -2.40. The summed E-state index contributed by atoms with van der Waals surface area (Å²) in [6.45, 7) is 3.44. The lowest BCUT2D eigenvalue weighted by Gasteiger charge is -2.33. The quantitative estimate of drug-likeness (QED) is 0.758. The summed E-state index contributed by atoms with van der Waals surface area (Å²) in [7, 11) is 0. The van der Waals surface area contributed by atoms with Crippen LogP contribution in [0, 0.1) is 17.6 Å². The molecule has 1 aromatic rings. The van der Waals surface area contributed by atoms with E-state index in [-0.39, 0.29) is 11.5 Å². The molecule has 0 N–H and O–H groups in total. The molecule has 104 valence electrons. The zero-order chi connectivity index (χ0) is 14.0. The number of carbonyl (C=O) groups is 1. The summed E-state index contributed by atoms with van der Waals surface area (Å²) in [6, 6.07) is 3.30. The van der Waals surface area contributed by atoms with Gasteiger partial charge in [0.1, 0.15) is 0 Å². The molecule has 5 heteroatoms. The van der Waals surface area contributed by atoms with Gasteiger partial charge in [0.15, 0.2) is 11.6 Å². The van der Waals surface area contributed by atoms with Crippen molar-refractivity contribution in [3.8, 4) is 0 Å². The Bertz CT molecular complexity index is 471. The molecule has 0 radical (unpaired) electrons. The van der Waals surface area contributed by atoms with E-state index in [9.17, 15) is 13.6 Å². The number of hydrogen-bond donors (Lipinski definition) is 0. The Kier molecular flexibility index (Phi) is 4.55. The van der Waals surface area contributed by atoms with Crippen LogP contribution in [0.4, 0.5) is 8.78 Å². The Hall–Kier alpha value is -0.970. The average Bonchev–Trinajstić information content (AvgIpc) is 2.41. The Labute approximate surface area is 119 Å². The first-order chi connectivity index (χ1) is 8.99. The summed E-state index contributed by atoms with van der Waals surface area (Å²) in [5, 5.41) is 0. The van der Waals surface area contributed by atoms with Crippen molar-refractivity contribution in [3.05, 3.63) is 35.4 Å². The maximum absolute atomic E-state index is 13.1. The molecule has 1 aliphatic heterocycles. The van der Waals surface area contributed by atoms with E-state index >= 15 is 0 Å². The average molecular weight is 332 g/mol. The van der Waals surface area contributed by atoms with Gasteiger partial charge in [0.2, 0.25) is 0 Å². The molecule has 0 spiro atoms. The zero-order valence-corrected chi connectivity index (χ0v) is 12.3. The third kappa shape index (κ3) is 3.32. The number of carbonyl (C=O) groups excluding carboxylic acids is 1. The van der Waals surface area contributed by atoms with Gasteiger partial charge in [0, 0.05) is 23.5 Å². The van der Waals surface area contributed by atoms with Gasteiger partial charge in [-0.25, -0.2) is 8.78 Å². The van der Waals surface area contributed by atoms with E-state index in [2.05, 4.69) is 22.9 Å². The summed E-state index contributed by atoms with van der Waals surface area (Å²) in [5.41, 5.74) is 0.212. The second kappa shape index (κ2) is 5.99. The highest BCUT2D eigenvalue weighted by Gasteiger charge is 2.26. The van der Waals surface area contributed by atoms with Crippen molar-refractivity contribution in [2.24, 2.45) is 5.92 Å². The van der Waals surface area contributed by atoms with Crippen LogP contribution in [-0.2, 0) is 0 Å². The summed E-state index contributed by atoms with van der Waals surface area (Å²) in [5.74, 6) is -1.56. The highest BCUT2D eigenvalue weighted by molar-refractivity contribution is 9.09. The van der Waals surface area contributed by atoms with Crippen LogP contribution in [0.2, 0.25) is 0 Å². The van der Waals surface area contributed by atoms with Crippen molar-refractivity contribution in [3.63, 3.8) is 0 Å². The van der Waals surface area contributed by atoms with Crippen LogP contribution in [0.1, 0.15) is 30.1 Å². The van der Waals surface area contributed by atoms with Crippen molar-refractivity contribution < 1.29 is 13.6 Å². The van der Waals surface area contributed by atoms with E-state index < -0.39 is 11.6 Å². The fraction of sp³-hybridized carbons (Fsp3) is 0.500. The van der Waals surface area contributed by atoms with E-state index in [0.29, 0.717) is 23.8 Å². The minimum atomic E-state index is -0.977. The van der Waals surface area contributed by atoms with Crippen LogP contribution in [0.25, 0.3) is 0 Å². The number of amides is 1. The smallest absolute Gasteiger partial charge is 0.253 e. The second-order valence-electron chi connectivity index (χ2n) is 4.94. The molecule has 2 nitrogen and oxygen atoms in total. The number of rotatable bonds is 2. The lowest BCUT2D eigenvalue weighted by molar-refractivity contribution is 0.0691. The number of nitrogens with zero attached hydrogens (tertiary/aromatic N) is 1. The van der Waals surface area contributed by atoms with Gasteiger partial charge < -0.3 is 4.90 Å². The topological polar surface area (TPSA) is 20.3 Å². The first-order valence-electron chi connectivity index (χ1n) is 6.37. The largest absolute Gasteiger partial charge is 0.339 e.